The average molecular weight is 432 g/mol. The van der Waals surface area contributed by atoms with Crippen molar-refractivity contribution in [1.29, 1.82) is 0 Å². The number of nitrogens with one attached hydrogen (secondary N) is 1. The lowest BCUT2D eigenvalue weighted by Crippen LogP contribution is -2.41. The van der Waals surface area contributed by atoms with Crippen LogP contribution in [0.3, 0.4) is 0 Å². The van der Waals surface area contributed by atoms with Crippen LogP contribution in [0.2, 0.25) is 0 Å². The normalized spacial score (nSPS) is 13.9. The number of amides is 3. The Morgan fingerprint density at radius 2 is 1.87 bits per heavy atom. The summed E-state index contributed by atoms with van der Waals surface area (Å²) in [5, 5.41) is 3.02. The summed E-state index contributed by atoms with van der Waals surface area (Å²) in [6.07, 6.45) is 6.34. The highest BCUT2D eigenvalue weighted by molar-refractivity contribution is 8.14. The molecule has 0 fully saturated rings. The zero-order chi connectivity index (χ0) is 21.9. The third kappa shape index (κ3) is 7.74. The van der Waals surface area contributed by atoms with Gasteiger partial charge in [-0.3, -0.25) is 24.1 Å². The number of hydrogen-bond acceptors (Lipinski definition) is 5. The Morgan fingerprint density at radius 3 is 2.60 bits per heavy atom. The first kappa shape index (κ1) is 23.8. The number of ketones is 1. The molecule has 0 spiro atoms. The fraction of sp³-hybridized carbons (Fsp3) is 0.500. The molecule has 1 heterocycles. The number of carbonyl (C=O) groups excluding carboxylic acids is 4. The molecule has 0 unspecified atom stereocenters. The van der Waals surface area contributed by atoms with E-state index in [4.69, 9.17) is 0 Å². The molecular formula is C22H29N3O4S. The summed E-state index contributed by atoms with van der Waals surface area (Å²) >= 11 is 1.08. The van der Waals surface area contributed by atoms with Gasteiger partial charge in [0.1, 0.15) is 6.42 Å². The molecule has 0 atom stereocenters. The lowest BCUT2D eigenvalue weighted by Gasteiger charge is -2.26. The molecule has 1 aromatic carbocycles. The number of nitrogens with zero attached hydrogens (tertiary/aromatic N) is 2. The van der Waals surface area contributed by atoms with Crippen molar-refractivity contribution < 1.29 is 19.2 Å². The summed E-state index contributed by atoms with van der Waals surface area (Å²) in [5.74, 6) is -1.11. The molecule has 0 bridgehead atoms. The van der Waals surface area contributed by atoms with Gasteiger partial charge < -0.3 is 5.32 Å². The van der Waals surface area contributed by atoms with Gasteiger partial charge in [-0.1, -0.05) is 62.9 Å². The second-order valence-electron chi connectivity index (χ2n) is 7.25. The van der Waals surface area contributed by atoms with Crippen molar-refractivity contribution in [3.63, 3.8) is 0 Å². The zero-order valence-electron chi connectivity index (χ0n) is 17.6. The molecule has 0 saturated carbocycles. The molecule has 0 aromatic heterocycles. The molecule has 1 aliphatic heterocycles. The van der Waals surface area contributed by atoms with E-state index in [9.17, 15) is 19.2 Å². The maximum Gasteiger partial charge on any atom is 0.257 e. The zero-order valence-corrected chi connectivity index (χ0v) is 18.4. The van der Waals surface area contributed by atoms with Crippen LogP contribution < -0.4 is 5.32 Å². The van der Waals surface area contributed by atoms with E-state index in [0.717, 1.165) is 31.0 Å². The number of benzene rings is 1. The van der Waals surface area contributed by atoms with Crippen LogP contribution in [0.15, 0.2) is 29.3 Å². The summed E-state index contributed by atoms with van der Waals surface area (Å²) in [4.78, 5) is 53.3. The van der Waals surface area contributed by atoms with Crippen molar-refractivity contribution in [2.24, 2.45) is 4.99 Å². The molecule has 3 amide bonds. The number of carbonyl (C=O) groups is 4. The molecule has 162 valence electrons. The van der Waals surface area contributed by atoms with Crippen molar-refractivity contribution in [2.45, 2.75) is 58.8 Å². The third-order valence-electron chi connectivity index (χ3n) is 4.68. The molecule has 2 rings (SSSR count). The van der Waals surface area contributed by atoms with E-state index in [1.807, 2.05) is 0 Å². The largest absolute Gasteiger partial charge is 0.325 e. The molecule has 0 aliphatic carbocycles. The van der Waals surface area contributed by atoms with E-state index in [1.54, 1.807) is 24.3 Å². The average Bonchev–Trinajstić information content (AvgIpc) is 2.70. The highest BCUT2D eigenvalue weighted by atomic mass is 32.2. The second-order valence-corrected chi connectivity index (χ2v) is 8.19. The molecular weight excluding hydrogens is 402 g/mol. The van der Waals surface area contributed by atoms with E-state index in [1.165, 1.54) is 31.1 Å². The Hall–Kier alpha value is -2.48. The smallest absolute Gasteiger partial charge is 0.257 e. The quantitative estimate of drug-likeness (QED) is 0.324. The first-order valence-electron chi connectivity index (χ1n) is 10.4. The van der Waals surface area contributed by atoms with Crippen LogP contribution in [0.1, 0.15) is 69.2 Å². The number of amidine groups is 1. The van der Waals surface area contributed by atoms with Crippen LogP contribution in [0.25, 0.3) is 0 Å². The Bertz CT molecular complexity index is 822. The van der Waals surface area contributed by atoms with Crippen LogP contribution in [0, 0.1) is 0 Å². The summed E-state index contributed by atoms with van der Waals surface area (Å²) in [6, 6.07) is 6.69. The number of unbranched alkanes of at least 4 members (excludes halogenated alkanes) is 5. The maximum absolute atomic E-state index is 12.3. The fourth-order valence-corrected chi connectivity index (χ4v) is 3.91. The van der Waals surface area contributed by atoms with Crippen LogP contribution in [0.5, 0.6) is 0 Å². The van der Waals surface area contributed by atoms with Gasteiger partial charge in [0.15, 0.2) is 11.0 Å². The third-order valence-corrected chi connectivity index (χ3v) is 5.65. The van der Waals surface area contributed by atoms with Crippen LogP contribution >= 0.6 is 11.8 Å². The van der Waals surface area contributed by atoms with E-state index in [2.05, 4.69) is 17.2 Å². The van der Waals surface area contributed by atoms with E-state index >= 15 is 0 Å². The van der Waals surface area contributed by atoms with Crippen molar-refractivity contribution in [1.82, 2.24) is 4.90 Å². The molecule has 30 heavy (non-hydrogen) atoms. The van der Waals surface area contributed by atoms with Crippen LogP contribution in [-0.4, -0.2) is 45.9 Å². The molecule has 0 radical (unpaired) electrons. The minimum Gasteiger partial charge on any atom is -0.325 e. The van der Waals surface area contributed by atoms with Gasteiger partial charge in [0, 0.05) is 17.8 Å². The van der Waals surface area contributed by atoms with Gasteiger partial charge in [-0.15, -0.1) is 0 Å². The predicted octanol–water partition coefficient (Wildman–Crippen LogP) is 4.04. The number of aliphatic imine (C=N–C) groups is 1. The van der Waals surface area contributed by atoms with Crippen molar-refractivity contribution in [3.8, 4) is 0 Å². The van der Waals surface area contributed by atoms with E-state index < -0.39 is 5.91 Å². The van der Waals surface area contributed by atoms with Crippen molar-refractivity contribution in [3.05, 3.63) is 29.8 Å². The first-order valence-corrected chi connectivity index (χ1v) is 11.3. The van der Waals surface area contributed by atoms with E-state index in [-0.39, 0.29) is 34.9 Å². The predicted molar refractivity (Wildman–Crippen MR) is 120 cm³/mol. The lowest BCUT2D eigenvalue weighted by molar-refractivity contribution is -0.133. The van der Waals surface area contributed by atoms with Gasteiger partial charge in [0.2, 0.25) is 11.8 Å². The molecule has 1 aromatic rings. The topological polar surface area (TPSA) is 95.9 Å². The van der Waals surface area contributed by atoms with E-state index in [0.29, 0.717) is 17.8 Å². The number of thioether (sulfide) groups is 1. The Morgan fingerprint density at radius 1 is 1.13 bits per heavy atom. The summed E-state index contributed by atoms with van der Waals surface area (Å²) in [6.45, 7) is 4.14. The Kier molecular flexibility index (Phi) is 9.73. The number of Topliss-reactive ketones (excluding diaryl/α,β-unsaturated/α-hetero) is 1. The Labute approximate surface area is 181 Å². The van der Waals surface area contributed by atoms with Gasteiger partial charge in [-0.05, 0) is 25.5 Å². The lowest BCUT2D eigenvalue weighted by atomic mass is 10.1. The minimum atomic E-state index is -0.476. The van der Waals surface area contributed by atoms with Crippen LogP contribution in [-0.2, 0) is 14.4 Å². The highest BCUT2D eigenvalue weighted by Gasteiger charge is 2.28. The molecule has 8 heteroatoms. The Balaban J connectivity index is 1.89. The summed E-state index contributed by atoms with van der Waals surface area (Å²) in [5.41, 5.74) is 1.04. The fourth-order valence-electron chi connectivity index (χ4n) is 3.06. The maximum atomic E-state index is 12.3. The highest BCUT2D eigenvalue weighted by Crippen LogP contribution is 2.19. The molecule has 0 saturated heterocycles. The van der Waals surface area contributed by atoms with Crippen molar-refractivity contribution in [2.75, 3.05) is 17.6 Å². The van der Waals surface area contributed by atoms with Crippen molar-refractivity contribution >= 4 is 46.1 Å². The summed E-state index contributed by atoms with van der Waals surface area (Å²) in [7, 11) is 0. The molecule has 1 N–H and O–H groups in total. The van der Waals surface area contributed by atoms with Gasteiger partial charge in [0.25, 0.3) is 5.91 Å². The van der Waals surface area contributed by atoms with Gasteiger partial charge in [-0.25, -0.2) is 0 Å². The SMILES string of the molecule is CCCCCCCCN1C(=O)CC(=O)N=C1SCC(=O)Nc1cccc(C(C)=O)c1. The van der Waals surface area contributed by atoms with Crippen LogP contribution in [0.4, 0.5) is 5.69 Å². The van der Waals surface area contributed by atoms with Gasteiger partial charge in [0.05, 0.1) is 5.75 Å². The van der Waals surface area contributed by atoms with Gasteiger partial charge >= 0.3 is 0 Å². The second kappa shape index (κ2) is 12.3. The monoisotopic (exact) mass is 431 g/mol. The molecule has 7 nitrogen and oxygen atoms in total. The minimum absolute atomic E-state index is 0.0106. The summed E-state index contributed by atoms with van der Waals surface area (Å²) < 4.78 is 0. The number of hydrogen-bond donors (Lipinski definition) is 1. The number of rotatable bonds is 11. The standard InChI is InChI=1S/C22H29N3O4S/c1-3-4-5-6-7-8-12-25-21(29)14-19(27)24-22(25)30-15-20(28)23-18-11-9-10-17(13-18)16(2)26/h9-11,13H,3-8,12,14-15H2,1-2H3,(H,23,28). The first-order chi connectivity index (χ1) is 14.4. The van der Waals surface area contributed by atoms with Gasteiger partial charge in [-0.2, -0.15) is 4.99 Å². The number of anilines is 1. The molecule has 1 aliphatic rings.